The van der Waals surface area contributed by atoms with Gasteiger partial charge in [0.1, 0.15) is 23.9 Å². The van der Waals surface area contributed by atoms with Crippen molar-refractivity contribution in [3.05, 3.63) is 48.0 Å². The first-order valence-corrected chi connectivity index (χ1v) is 11.4. The molecule has 1 atom stereocenters. The van der Waals surface area contributed by atoms with Gasteiger partial charge in [0.2, 0.25) is 10.0 Å². The van der Waals surface area contributed by atoms with Crippen LogP contribution in [0.5, 0.6) is 17.2 Å². The van der Waals surface area contributed by atoms with Crippen molar-refractivity contribution in [1.82, 2.24) is 9.21 Å². The molecule has 0 spiro atoms. The fourth-order valence-electron chi connectivity index (χ4n) is 3.74. The largest absolute Gasteiger partial charge is 0.497 e. The highest BCUT2D eigenvalue weighted by Crippen LogP contribution is 2.38. The van der Waals surface area contributed by atoms with Gasteiger partial charge in [-0.05, 0) is 49.7 Å². The van der Waals surface area contributed by atoms with Gasteiger partial charge in [-0.1, -0.05) is 6.07 Å². The second kappa shape index (κ2) is 9.68. The summed E-state index contributed by atoms with van der Waals surface area (Å²) in [5, 5.41) is 0. The zero-order valence-electron chi connectivity index (χ0n) is 18.0. The highest BCUT2D eigenvalue weighted by atomic mass is 32.2. The van der Waals surface area contributed by atoms with Crippen LogP contribution in [0.15, 0.2) is 47.4 Å². The molecule has 0 amide bonds. The molecular formula is C22H30N2O5S. The number of hydrogen-bond acceptors (Lipinski definition) is 6. The third kappa shape index (κ3) is 4.88. The number of ether oxygens (including phenoxy) is 3. The maximum atomic E-state index is 12.2. The van der Waals surface area contributed by atoms with Gasteiger partial charge in [-0.15, -0.1) is 0 Å². The molecule has 30 heavy (non-hydrogen) atoms. The summed E-state index contributed by atoms with van der Waals surface area (Å²) in [4.78, 5) is 2.65. The number of benzene rings is 2. The number of likely N-dealkylation sites (tertiary alicyclic amines) is 1. The lowest BCUT2D eigenvalue weighted by Gasteiger charge is -2.26. The van der Waals surface area contributed by atoms with Gasteiger partial charge >= 0.3 is 0 Å². The zero-order valence-corrected chi connectivity index (χ0v) is 18.8. The van der Waals surface area contributed by atoms with Crippen LogP contribution in [0.2, 0.25) is 0 Å². The molecule has 0 bridgehead atoms. The van der Waals surface area contributed by atoms with Gasteiger partial charge in [-0.3, -0.25) is 4.90 Å². The SMILES string of the molecule is COc1ccc(C2CCCN2CCOc2ccc(S(=O)(=O)N(C)C)cc2)c(OC)c1. The molecular weight excluding hydrogens is 404 g/mol. The third-order valence-electron chi connectivity index (χ3n) is 5.41. The van der Waals surface area contributed by atoms with E-state index in [9.17, 15) is 8.42 Å². The van der Waals surface area contributed by atoms with E-state index in [1.54, 1.807) is 38.5 Å². The average Bonchev–Trinajstić information content (AvgIpc) is 3.21. The number of sulfonamides is 1. The summed E-state index contributed by atoms with van der Waals surface area (Å²) in [6.45, 7) is 2.30. The van der Waals surface area contributed by atoms with Crippen molar-refractivity contribution in [2.45, 2.75) is 23.8 Å². The maximum absolute atomic E-state index is 12.2. The fourth-order valence-corrected chi connectivity index (χ4v) is 4.64. The van der Waals surface area contributed by atoms with E-state index in [1.807, 2.05) is 12.1 Å². The molecule has 0 radical (unpaired) electrons. The summed E-state index contributed by atoms with van der Waals surface area (Å²) in [6, 6.07) is 12.8. The average molecular weight is 435 g/mol. The normalized spacial score (nSPS) is 17.3. The van der Waals surface area contributed by atoms with Crippen molar-refractivity contribution >= 4 is 10.0 Å². The minimum absolute atomic E-state index is 0.256. The van der Waals surface area contributed by atoms with Crippen LogP contribution in [0.1, 0.15) is 24.4 Å². The lowest BCUT2D eigenvalue weighted by atomic mass is 10.0. The van der Waals surface area contributed by atoms with Crippen molar-refractivity contribution < 1.29 is 22.6 Å². The summed E-state index contributed by atoms with van der Waals surface area (Å²) < 4.78 is 42.3. The zero-order chi connectivity index (χ0) is 21.7. The van der Waals surface area contributed by atoms with E-state index in [4.69, 9.17) is 14.2 Å². The van der Waals surface area contributed by atoms with Crippen LogP contribution >= 0.6 is 0 Å². The lowest BCUT2D eigenvalue weighted by Crippen LogP contribution is -2.28. The van der Waals surface area contributed by atoms with Crippen molar-refractivity contribution in [2.24, 2.45) is 0 Å². The van der Waals surface area contributed by atoms with E-state index >= 15 is 0 Å². The van der Waals surface area contributed by atoms with Gasteiger partial charge in [-0.2, -0.15) is 0 Å². The fraction of sp³-hybridized carbons (Fsp3) is 0.455. The molecule has 2 aromatic rings. The van der Waals surface area contributed by atoms with E-state index in [0.717, 1.165) is 43.0 Å². The smallest absolute Gasteiger partial charge is 0.242 e. The second-order valence-electron chi connectivity index (χ2n) is 7.41. The predicted octanol–water partition coefficient (Wildman–Crippen LogP) is 3.17. The molecule has 1 saturated heterocycles. The van der Waals surface area contributed by atoms with Crippen molar-refractivity contribution in [3.8, 4) is 17.2 Å². The van der Waals surface area contributed by atoms with Crippen LogP contribution in [-0.4, -0.2) is 65.6 Å². The maximum Gasteiger partial charge on any atom is 0.242 e. The van der Waals surface area contributed by atoms with Gasteiger partial charge in [0, 0.05) is 38.3 Å². The van der Waals surface area contributed by atoms with E-state index < -0.39 is 10.0 Å². The molecule has 1 unspecified atom stereocenters. The molecule has 0 N–H and O–H groups in total. The molecule has 164 valence electrons. The molecule has 8 heteroatoms. The minimum Gasteiger partial charge on any atom is -0.497 e. The van der Waals surface area contributed by atoms with Crippen LogP contribution in [0.4, 0.5) is 0 Å². The topological polar surface area (TPSA) is 68.3 Å². The van der Waals surface area contributed by atoms with Gasteiger partial charge in [0.25, 0.3) is 0 Å². The Hall–Kier alpha value is -2.29. The van der Waals surface area contributed by atoms with Crippen molar-refractivity contribution in [1.29, 1.82) is 0 Å². The molecule has 3 rings (SSSR count). The quantitative estimate of drug-likeness (QED) is 0.604. The Labute approximate surface area is 179 Å². The Morgan fingerprint density at radius 1 is 1.03 bits per heavy atom. The molecule has 0 saturated carbocycles. The monoisotopic (exact) mass is 434 g/mol. The summed E-state index contributed by atoms with van der Waals surface area (Å²) in [5.41, 5.74) is 1.16. The first kappa shape index (κ1) is 22.4. The van der Waals surface area contributed by atoms with Gasteiger partial charge in [0.05, 0.1) is 19.1 Å². The summed E-state index contributed by atoms with van der Waals surface area (Å²) in [7, 11) is 2.94. The van der Waals surface area contributed by atoms with Crippen LogP contribution in [0, 0.1) is 0 Å². The Morgan fingerprint density at radius 3 is 2.37 bits per heavy atom. The number of hydrogen-bond donors (Lipinski definition) is 0. The first-order valence-electron chi connectivity index (χ1n) is 9.98. The highest BCUT2D eigenvalue weighted by molar-refractivity contribution is 7.89. The Kier molecular flexibility index (Phi) is 7.23. The summed E-state index contributed by atoms with van der Waals surface area (Å²) in [6.07, 6.45) is 2.19. The van der Waals surface area contributed by atoms with Crippen LogP contribution in [0.25, 0.3) is 0 Å². The van der Waals surface area contributed by atoms with Crippen LogP contribution in [-0.2, 0) is 10.0 Å². The van der Waals surface area contributed by atoms with E-state index in [-0.39, 0.29) is 10.9 Å². The molecule has 1 heterocycles. The lowest BCUT2D eigenvalue weighted by molar-refractivity contribution is 0.195. The number of nitrogens with zero attached hydrogens (tertiary/aromatic N) is 2. The molecule has 2 aromatic carbocycles. The van der Waals surface area contributed by atoms with Crippen molar-refractivity contribution in [2.75, 3.05) is 48.0 Å². The highest BCUT2D eigenvalue weighted by Gasteiger charge is 2.28. The Morgan fingerprint density at radius 2 is 1.73 bits per heavy atom. The van der Waals surface area contributed by atoms with Crippen LogP contribution < -0.4 is 14.2 Å². The molecule has 1 aliphatic heterocycles. The Balaban J connectivity index is 1.61. The summed E-state index contributed by atoms with van der Waals surface area (Å²) in [5.74, 6) is 2.28. The Bertz CT molecular complexity index is 945. The minimum atomic E-state index is -3.43. The number of rotatable bonds is 9. The second-order valence-corrected chi connectivity index (χ2v) is 9.56. The summed E-state index contributed by atoms with van der Waals surface area (Å²) >= 11 is 0. The predicted molar refractivity (Wildman–Crippen MR) is 116 cm³/mol. The molecule has 0 aromatic heterocycles. The van der Waals surface area contributed by atoms with E-state index in [2.05, 4.69) is 11.0 Å². The number of methoxy groups -OCH3 is 2. The van der Waals surface area contributed by atoms with Gasteiger partial charge in [-0.25, -0.2) is 12.7 Å². The van der Waals surface area contributed by atoms with Gasteiger partial charge < -0.3 is 14.2 Å². The standard InChI is InChI=1S/C22H30N2O5S/c1-23(2)30(25,26)19-10-7-17(8-11-19)29-15-14-24-13-5-6-21(24)20-12-9-18(27-3)16-22(20)28-4/h7-12,16,21H,5-6,13-15H2,1-4H3. The van der Waals surface area contributed by atoms with Crippen molar-refractivity contribution in [3.63, 3.8) is 0 Å². The molecule has 1 aliphatic rings. The van der Waals surface area contributed by atoms with E-state index in [1.165, 1.54) is 18.4 Å². The van der Waals surface area contributed by atoms with E-state index in [0.29, 0.717) is 12.4 Å². The molecule has 0 aliphatic carbocycles. The van der Waals surface area contributed by atoms with Gasteiger partial charge in [0.15, 0.2) is 0 Å². The molecule has 7 nitrogen and oxygen atoms in total. The molecule has 1 fully saturated rings. The third-order valence-corrected chi connectivity index (χ3v) is 7.24. The van der Waals surface area contributed by atoms with Crippen LogP contribution in [0.3, 0.4) is 0 Å². The first-order chi connectivity index (χ1) is 14.4.